The zero-order chi connectivity index (χ0) is 16.7. The first-order chi connectivity index (χ1) is 10.00. The van der Waals surface area contributed by atoms with E-state index in [-0.39, 0.29) is 5.41 Å². The Labute approximate surface area is 129 Å². The number of hydrogen-bond donors (Lipinski definition) is 0. The van der Waals surface area contributed by atoms with Crippen LogP contribution in [-0.4, -0.2) is 0 Å². The topological polar surface area (TPSA) is 3.88 Å². The van der Waals surface area contributed by atoms with Crippen molar-refractivity contribution in [1.82, 2.24) is 0 Å². The third kappa shape index (κ3) is 3.32. The summed E-state index contributed by atoms with van der Waals surface area (Å²) in [4.78, 5) is 0. The summed E-state index contributed by atoms with van der Waals surface area (Å²) in [5, 5.41) is 0. The van der Waals surface area contributed by atoms with Crippen molar-refractivity contribution < 1.29 is 17.7 Å². The van der Waals surface area contributed by atoms with Crippen molar-refractivity contribution in [1.29, 1.82) is 0 Å². The fraction of sp³-hybridized carbons (Fsp3) is 0.389. The molecule has 0 saturated heterocycles. The van der Waals surface area contributed by atoms with Crippen LogP contribution in [-0.2, 0) is 18.6 Å². The summed E-state index contributed by atoms with van der Waals surface area (Å²) in [7, 11) is 1.92. The molecule has 2 rings (SSSR count). The molecule has 0 unspecified atom stereocenters. The van der Waals surface area contributed by atoms with Gasteiger partial charge in [-0.25, -0.2) is 4.57 Å². The van der Waals surface area contributed by atoms with Crippen LogP contribution in [0.1, 0.15) is 37.5 Å². The van der Waals surface area contributed by atoms with Crippen molar-refractivity contribution in [3.05, 3.63) is 53.2 Å². The largest absolute Gasteiger partial charge is 0.416 e. The van der Waals surface area contributed by atoms with Crippen molar-refractivity contribution in [3.63, 3.8) is 0 Å². The molecule has 0 amide bonds. The quantitative estimate of drug-likeness (QED) is 0.666. The molecule has 22 heavy (non-hydrogen) atoms. The highest BCUT2D eigenvalue weighted by atomic mass is 19.4. The molecule has 4 heteroatoms. The van der Waals surface area contributed by atoms with Gasteiger partial charge in [0, 0.05) is 17.2 Å². The molecule has 0 atom stereocenters. The summed E-state index contributed by atoms with van der Waals surface area (Å²) in [5.74, 6) is 0. The molecule has 0 spiro atoms. The second kappa shape index (κ2) is 5.41. The zero-order valence-corrected chi connectivity index (χ0v) is 13.5. The number of benzene rings is 1. The maximum atomic E-state index is 12.8. The Hall–Kier alpha value is -1.84. The molecule has 0 aliphatic heterocycles. The zero-order valence-electron chi connectivity index (χ0n) is 13.5. The van der Waals surface area contributed by atoms with Crippen molar-refractivity contribution in [2.24, 2.45) is 7.05 Å². The molecule has 0 saturated carbocycles. The Morgan fingerprint density at radius 3 is 1.95 bits per heavy atom. The van der Waals surface area contributed by atoms with E-state index in [1.54, 1.807) is 13.0 Å². The number of nitrogens with zero attached hydrogens (tertiary/aromatic N) is 1. The number of aryl methyl sites for hydroxylation is 2. The van der Waals surface area contributed by atoms with Gasteiger partial charge in [-0.1, -0.05) is 20.8 Å². The molecular weight excluding hydrogens is 287 g/mol. The monoisotopic (exact) mass is 308 g/mol. The van der Waals surface area contributed by atoms with Crippen LogP contribution in [0, 0.1) is 6.92 Å². The predicted molar refractivity (Wildman–Crippen MR) is 81.5 cm³/mol. The van der Waals surface area contributed by atoms with Gasteiger partial charge in [0.05, 0.1) is 5.56 Å². The van der Waals surface area contributed by atoms with Crippen LogP contribution in [0.5, 0.6) is 0 Å². The van der Waals surface area contributed by atoms with Gasteiger partial charge >= 0.3 is 6.18 Å². The van der Waals surface area contributed by atoms with Gasteiger partial charge in [-0.3, -0.25) is 0 Å². The fourth-order valence-electron chi connectivity index (χ4n) is 2.46. The second-order valence-electron chi connectivity index (χ2n) is 6.69. The molecule has 1 heterocycles. The maximum Gasteiger partial charge on any atom is 0.416 e. The Morgan fingerprint density at radius 2 is 1.50 bits per heavy atom. The summed E-state index contributed by atoms with van der Waals surface area (Å²) in [5.41, 5.74) is 2.95. The highest BCUT2D eigenvalue weighted by molar-refractivity contribution is 5.61. The van der Waals surface area contributed by atoms with Gasteiger partial charge in [0.25, 0.3) is 0 Å². The van der Waals surface area contributed by atoms with E-state index in [9.17, 15) is 13.2 Å². The molecule has 118 valence electrons. The molecule has 1 nitrogen and oxygen atoms in total. The van der Waals surface area contributed by atoms with Gasteiger partial charge in [0.1, 0.15) is 7.05 Å². The molecule has 0 bridgehead atoms. The highest BCUT2D eigenvalue weighted by Crippen LogP contribution is 2.32. The second-order valence-corrected chi connectivity index (χ2v) is 6.69. The van der Waals surface area contributed by atoms with Crippen LogP contribution in [0.15, 0.2) is 36.5 Å². The lowest BCUT2D eigenvalue weighted by atomic mass is 9.88. The lowest BCUT2D eigenvalue weighted by Gasteiger charge is -2.17. The molecule has 0 aliphatic carbocycles. The van der Waals surface area contributed by atoms with Gasteiger partial charge in [-0.2, -0.15) is 13.2 Å². The van der Waals surface area contributed by atoms with Gasteiger partial charge in [0.15, 0.2) is 6.20 Å². The SMILES string of the molecule is Cc1cc(C(F)(F)F)ccc1-c1ccc(C(C)(C)C)c[n+]1C. The van der Waals surface area contributed by atoms with Gasteiger partial charge in [-0.15, -0.1) is 0 Å². The Morgan fingerprint density at radius 1 is 0.909 bits per heavy atom. The highest BCUT2D eigenvalue weighted by Gasteiger charge is 2.31. The van der Waals surface area contributed by atoms with Crippen LogP contribution >= 0.6 is 0 Å². The summed E-state index contributed by atoms with van der Waals surface area (Å²) >= 11 is 0. The van der Waals surface area contributed by atoms with E-state index in [0.717, 1.165) is 17.3 Å². The third-order valence-electron chi connectivity index (χ3n) is 3.83. The van der Waals surface area contributed by atoms with E-state index in [4.69, 9.17) is 0 Å². The molecule has 0 aliphatic rings. The van der Waals surface area contributed by atoms with Crippen LogP contribution < -0.4 is 4.57 Å². The first-order valence-corrected chi connectivity index (χ1v) is 7.18. The number of halogens is 3. The van der Waals surface area contributed by atoms with Crippen molar-refractivity contribution in [2.75, 3.05) is 0 Å². The fourth-order valence-corrected chi connectivity index (χ4v) is 2.46. The summed E-state index contributed by atoms with van der Waals surface area (Å²) < 4.78 is 40.2. The minimum absolute atomic E-state index is 0.0332. The minimum atomic E-state index is -4.30. The molecule has 1 aromatic carbocycles. The Bertz CT molecular complexity index is 633. The van der Waals surface area contributed by atoms with Crippen molar-refractivity contribution in [2.45, 2.75) is 39.3 Å². The predicted octanol–water partition coefficient (Wildman–Crippen LogP) is 4.80. The smallest absolute Gasteiger partial charge is 0.201 e. The number of rotatable bonds is 1. The van der Waals surface area contributed by atoms with E-state index in [0.29, 0.717) is 5.56 Å². The first-order valence-electron chi connectivity index (χ1n) is 7.18. The van der Waals surface area contributed by atoms with Crippen molar-refractivity contribution in [3.8, 4) is 11.3 Å². The molecule has 1 aromatic heterocycles. The number of alkyl halides is 3. The van der Waals surface area contributed by atoms with Gasteiger partial charge < -0.3 is 0 Å². The van der Waals surface area contributed by atoms with E-state index < -0.39 is 11.7 Å². The number of hydrogen-bond acceptors (Lipinski definition) is 0. The van der Waals surface area contributed by atoms with E-state index >= 15 is 0 Å². The minimum Gasteiger partial charge on any atom is -0.201 e. The van der Waals surface area contributed by atoms with Crippen LogP contribution in [0.4, 0.5) is 13.2 Å². The Kier molecular flexibility index (Phi) is 4.07. The van der Waals surface area contributed by atoms with Gasteiger partial charge in [-0.05, 0) is 42.2 Å². The van der Waals surface area contributed by atoms with Crippen LogP contribution in [0.25, 0.3) is 11.3 Å². The summed E-state index contributed by atoms with van der Waals surface area (Å²) in [6.45, 7) is 8.10. The summed E-state index contributed by atoms with van der Waals surface area (Å²) in [6, 6.07) is 7.89. The number of aromatic nitrogens is 1. The normalized spacial score (nSPS) is 12.5. The van der Waals surface area contributed by atoms with Gasteiger partial charge in [0.2, 0.25) is 5.69 Å². The average molecular weight is 308 g/mol. The summed E-state index contributed by atoms with van der Waals surface area (Å²) in [6.07, 6.45) is -2.27. The van der Waals surface area contributed by atoms with Crippen LogP contribution in [0.3, 0.4) is 0 Å². The molecule has 0 N–H and O–H groups in total. The molecule has 0 fully saturated rings. The standard InChI is InChI=1S/C18H21F3N/c1-12-10-13(18(19,20)21)6-8-15(12)16-9-7-14(11-22(16)5)17(2,3)4/h6-11H,1-5H3/q+1. The van der Waals surface area contributed by atoms with Crippen molar-refractivity contribution >= 4 is 0 Å². The molecular formula is C18H21F3N+. The molecule has 2 aromatic rings. The Balaban J connectivity index is 2.49. The first kappa shape index (κ1) is 16.5. The van der Waals surface area contributed by atoms with Crippen LogP contribution in [0.2, 0.25) is 0 Å². The number of pyridine rings is 1. The molecule has 0 radical (unpaired) electrons. The maximum absolute atomic E-state index is 12.8. The van der Waals surface area contributed by atoms with E-state index in [1.807, 2.05) is 29.9 Å². The lowest BCUT2D eigenvalue weighted by Crippen LogP contribution is -2.33. The third-order valence-corrected chi connectivity index (χ3v) is 3.83. The lowest BCUT2D eigenvalue weighted by molar-refractivity contribution is -0.661. The average Bonchev–Trinajstić information content (AvgIpc) is 2.37. The van der Waals surface area contributed by atoms with E-state index in [2.05, 4.69) is 20.8 Å². The van der Waals surface area contributed by atoms with E-state index in [1.165, 1.54) is 11.6 Å².